The summed E-state index contributed by atoms with van der Waals surface area (Å²) >= 11 is 0. The minimum Gasteiger partial charge on any atom is -0.393 e. The quantitative estimate of drug-likeness (QED) is 0.389. The second-order valence-corrected chi connectivity index (χ2v) is 9.16. The molecule has 0 bridgehead atoms. The number of aromatic nitrogens is 2. The number of anilines is 3. The van der Waals surface area contributed by atoms with Crippen LogP contribution in [0.25, 0.3) is 5.57 Å². The summed E-state index contributed by atoms with van der Waals surface area (Å²) in [6.07, 6.45) is 9.68. The van der Waals surface area contributed by atoms with Gasteiger partial charge in [-0.15, -0.1) is 0 Å². The molecule has 9 nitrogen and oxygen atoms in total. The first-order valence-electron chi connectivity index (χ1n) is 11.8. The van der Waals surface area contributed by atoms with E-state index in [9.17, 15) is 9.59 Å². The largest absolute Gasteiger partial charge is 0.393 e. The molecule has 1 atom stereocenters. The van der Waals surface area contributed by atoms with Gasteiger partial charge < -0.3 is 21.4 Å². The van der Waals surface area contributed by atoms with Crippen molar-refractivity contribution in [3.8, 4) is 0 Å². The molecule has 2 fully saturated rings. The summed E-state index contributed by atoms with van der Waals surface area (Å²) in [5, 5.41) is 16.6. The summed E-state index contributed by atoms with van der Waals surface area (Å²) in [5.74, 6) is 0.739. The molecule has 3 aliphatic rings. The lowest BCUT2D eigenvalue weighted by Crippen LogP contribution is -2.56. The van der Waals surface area contributed by atoms with Gasteiger partial charge in [0.1, 0.15) is 11.2 Å². The summed E-state index contributed by atoms with van der Waals surface area (Å²) < 4.78 is 0. The Kier molecular flexibility index (Phi) is 5.77. The van der Waals surface area contributed by atoms with E-state index < -0.39 is 5.41 Å². The average molecular weight is 460 g/mol. The standard InChI is InChI=1S/C25H29N7O2/c1-27-14-18(13-26)16-6-8-19(9-7-16)30-24-29-15-17-12-25(10-11-28-22(25)33)23(34)32(21(17)31-24)20-4-2-3-5-20/h6-9,13-15,20,26-27H,2-5,10-12H2,1H3,(H,28,33)(H,29,30,31)/b18-14+,26-13?/t25-/m1/s1. The number of benzene rings is 1. The first-order chi connectivity index (χ1) is 16.6. The van der Waals surface area contributed by atoms with Crippen LogP contribution in [0.2, 0.25) is 0 Å². The lowest BCUT2D eigenvalue weighted by atomic mass is 9.76. The van der Waals surface area contributed by atoms with Gasteiger partial charge in [0, 0.05) is 61.5 Å². The van der Waals surface area contributed by atoms with Crippen LogP contribution < -0.4 is 20.9 Å². The molecule has 3 heterocycles. The highest BCUT2D eigenvalue weighted by molar-refractivity contribution is 6.14. The van der Waals surface area contributed by atoms with E-state index in [2.05, 4.69) is 20.9 Å². The number of carbonyl (C=O) groups is 2. The van der Waals surface area contributed by atoms with E-state index in [1.165, 1.54) is 6.21 Å². The average Bonchev–Trinajstić information content (AvgIpc) is 3.50. The van der Waals surface area contributed by atoms with Crippen molar-refractivity contribution < 1.29 is 9.59 Å². The predicted octanol–water partition coefficient (Wildman–Crippen LogP) is 2.77. The normalized spacial score (nSPS) is 22.6. The number of hydrogen-bond acceptors (Lipinski definition) is 7. The van der Waals surface area contributed by atoms with Crippen molar-refractivity contribution in [2.75, 3.05) is 23.8 Å². The van der Waals surface area contributed by atoms with Gasteiger partial charge >= 0.3 is 0 Å². The molecule has 5 rings (SSSR count). The van der Waals surface area contributed by atoms with Crippen LogP contribution in [0.1, 0.15) is 43.2 Å². The zero-order valence-corrected chi connectivity index (χ0v) is 19.2. The Hall–Kier alpha value is -3.75. The minimum atomic E-state index is -1.03. The van der Waals surface area contributed by atoms with Crippen LogP contribution in [-0.2, 0) is 16.0 Å². The summed E-state index contributed by atoms with van der Waals surface area (Å²) in [4.78, 5) is 37.5. The SMILES string of the molecule is CN/C=C(\C=N)c1ccc(Nc2ncc3c(n2)N(C2CCCC2)C(=O)[C@]2(CCNC2=O)C3)cc1. The van der Waals surface area contributed by atoms with Crippen molar-refractivity contribution in [1.82, 2.24) is 20.6 Å². The molecule has 1 saturated heterocycles. The maximum absolute atomic E-state index is 13.7. The van der Waals surface area contributed by atoms with Gasteiger partial charge in [0.05, 0.1) is 0 Å². The monoisotopic (exact) mass is 459 g/mol. The second-order valence-electron chi connectivity index (χ2n) is 9.16. The molecule has 0 radical (unpaired) electrons. The van der Waals surface area contributed by atoms with Gasteiger partial charge in [-0.1, -0.05) is 25.0 Å². The van der Waals surface area contributed by atoms with Crippen LogP contribution in [0.15, 0.2) is 36.7 Å². The molecule has 34 heavy (non-hydrogen) atoms. The molecule has 1 saturated carbocycles. The van der Waals surface area contributed by atoms with Gasteiger partial charge in [0.2, 0.25) is 17.8 Å². The van der Waals surface area contributed by atoms with Gasteiger partial charge in [-0.25, -0.2) is 4.98 Å². The van der Waals surface area contributed by atoms with E-state index in [4.69, 9.17) is 10.4 Å². The van der Waals surface area contributed by atoms with Crippen molar-refractivity contribution >= 4 is 41.1 Å². The van der Waals surface area contributed by atoms with Crippen molar-refractivity contribution in [2.24, 2.45) is 5.41 Å². The van der Waals surface area contributed by atoms with Crippen LogP contribution in [0.4, 0.5) is 17.5 Å². The summed E-state index contributed by atoms with van der Waals surface area (Å²) in [6, 6.07) is 7.72. The molecule has 0 unspecified atom stereocenters. The molecular weight excluding hydrogens is 430 g/mol. The van der Waals surface area contributed by atoms with E-state index >= 15 is 0 Å². The zero-order valence-electron chi connectivity index (χ0n) is 19.2. The highest BCUT2D eigenvalue weighted by Crippen LogP contribution is 2.44. The molecule has 2 aliphatic heterocycles. The van der Waals surface area contributed by atoms with E-state index in [1.54, 1.807) is 24.3 Å². The summed E-state index contributed by atoms with van der Waals surface area (Å²) in [6.45, 7) is 0.526. The number of hydrogen-bond donors (Lipinski definition) is 4. The predicted molar refractivity (Wildman–Crippen MR) is 131 cm³/mol. The molecule has 2 amide bonds. The molecular formula is C25H29N7O2. The maximum atomic E-state index is 13.7. The maximum Gasteiger partial charge on any atom is 0.244 e. The highest BCUT2D eigenvalue weighted by Gasteiger charge is 2.56. The Labute approximate surface area is 198 Å². The first-order valence-corrected chi connectivity index (χ1v) is 11.8. The molecule has 1 spiro atoms. The summed E-state index contributed by atoms with van der Waals surface area (Å²) in [7, 11) is 1.80. The number of nitrogens with zero attached hydrogens (tertiary/aromatic N) is 3. The van der Waals surface area contributed by atoms with Crippen LogP contribution in [-0.4, -0.2) is 47.6 Å². The lowest BCUT2D eigenvalue weighted by Gasteiger charge is -2.40. The van der Waals surface area contributed by atoms with Crippen LogP contribution in [0.5, 0.6) is 0 Å². The molecule has 1 aromatic carbocycles. The van der Waals surface area contributed by atoms with Gasteiger partial charge in [-0.05, 0) is 37.0 Å². The van der Waals surface area contributed by atoms with Gasteiger partial charge in [-0.2, -0.15) is 4.98 Å². The third kappa shape index (κ3) is 3.70. The smallest absolute Gasteiger partial charge is 0.244 e. The van der Waals surface area contributed by atoms with Gasteiger partial charge in [0.25, 0.3) is 0 Å². The van der Waals surface area contributed by atoms with Crippen LogP contribution in [0, 0.1) is 10.8 Å². The van der Waals surface area contributed by atoms with E-state index in [-0.39, 0.29) is 17.9 Å². The van der Waals surface area contributed by atoms with E-state index in [1.807, 2.05) is 24.3 Å². The van der Waals surface area contributed by atoms with Gasteiger partial charge in [0.15, 0.2) is 0 Å². The Morgan fingerprint density at radius 1 is 1.24 bits per heavy atom. The number of fused-ring (bicyclic) bond motifs is 1. The first kappa shape index (κ1) is 22.1. The Morgan fingerprint density at radius 2 is 2.00 bits per heavy atom. The Morgan fingerprint density at radius 3 is 2.65 bits per heavy atom. The number of carbonyl (C=O) groups excluding carboxylic acids is 2. The zero-order chi connectivity index (χ0) is 23.7. The molecule has 2 aromatic rings. The Balaban J connectivity index is 1.45. The number of amides is 2. The Bertz CT molecular complexity index is 1150. The van der Waals surface area contributed by atoms with Gasteiger partial charge in [-0.3, -0.25) is 14.5 Å². The molecule has 1 aliphatic carbocycles. The van der Waals surface area contributed by atoms with Crippen molar-refractivity contribution in [3.63, 3.8) is 0 Å². The fourth-order valence-electron chi connectivity index (χ4n) is 5.30. The molecule has 1 aromatic heterocycles. The second kappa shape index (κ2) is 8.89. The topological polar surface area (TPSA) is 123 Å². The molecule has 4 N–H and O–H groups in total. The van der Waals surface area contributed by atoms with E-state index in [0.717, 1.165) is 48.1 Å². The third-order valence-electron chi connectivity index (χ3n) is 7.08. The molecule has 176 valence electrons. The van der Waals surface area contributed by atoms with Crippen LogP contribution >= 0.6 is 0 Å². The highest BCUT2D eigenvalue weighted by atomic mass is 16.2. The molecule has 9 heteroatoms. The lowest BCUT2D eigenvalue weighted by molar-refractivity contribution is -0.140. The van der Waals surface area contributed by atoms with Crippen LogP contribution in [0.3, 0.4) is 0 Å². The number of allylic oxidation sites excluding steroid dienone is 1. The van der Waals surface area contributed by atoms with Crippen molar-refractivity contribution in [2.45, 2.75) is 44.6 Å². The van der Waals surface area contributed by atoms with E-state index in [0.29, 0.717) is 31.2 Å². The fraction of sp³-hybridized carbons (Fsp3) is 0.400. The minimum absolute atomic E-state index is 0.0670. The number of rotatable bonds is 6. The third-order valence-corrected chi connectivity index (χ3v) is 7.08. The van der Waals surface area contributed by atoms with Crippen molar-refractivity contribution in [1.29, 1.82) is 5.41 Å². The summed E-state index contributed by atoms with van der Waals surface area (Å²) in [5.41, 5.74) is 2.31. The number of nitrogens with one attached hydrogen (secondary N) is 4. The van der Waals surface area contributed by atoms with Crippen molar-refractivity contribution in [3.05, 3.63) is 47.8 Å². The fourth-order valence-corrected chi connectivity index (χ4v) is 5.30.